The van der Waals surface area contributed by atoms with Gasteiger partial charge >= 0.3 is 0 Å². The molecule has 2 heterocycles. The van der Waals surface area contributed by atoms with Crippen LogP contribution >= 0.6 is 0 Å². The maximum absolute atomic E-state index is 13.3. The van der Waals surface area contributed by atoms with Crippen LogP contribution in [0.2, 0.25) is 0 Å². The first-order valence-corrected chi connectivity index (χ1v) is 10.2. The number of nitrogens with zero attached hydrogens (tertiary/aromatic N) is 3. The van der Waals surface area contributed by atoms with Crippen LogP contribution in [0.25, 0.3) is 11.0 Å². The van der Waals surface area contributed by atoms with Gasteiger partial charge in [0.05, 0.1) is 24.6 Å². The van der Waals surface area contributed by atoms with Crippen molar-refractivity contribution in [2.24, 2.45) is 5.92 Å². The third kappa shape index (κ3) is 4.29. The van der Waals surface area contributed by atoms with Crippen molar-refractivity contribution in [2.75, 3.05) is 19.6 Å². The molecule has 0 unspecified atom stereocenters. The van der Waals surface area contributed by atoms with Crippen molar-refractivity contribution in [1.29, 1.82) is 0 Å². The van der Waals surface area contributed by atoms with Gasteiger partial charge in [-0.1, -0.05) is 12.1 Å². The Hall–Kier alpha value is -2.02. The summed E-state index contributed by atoms with van der Waals surface area (Å²) in [6.45, 7) is 4.74. The predicted octanol–water partition coefficient (Wildman–Crippen LogP) is 1.49. The number of carbonyl (C=O) groups is 1. The van der Waals surface area contributed by atoms with Crippen molar-refractivity contribution < 1.29 is 14.1 Å². The molecular formula is C20H29FN5O+. The Morgan fingerprint density at radius 1 is 1.22 bits per heavy atom. The first kappa shape index (κ1) is 18.3. The second kappa shape index (κ2) is 7.92. The molecule has 1 amide bonds. The van der Waals surface area contributed by atoms with Crippen LogP contribution < -0.4 is 10.2 Å². The molecule has 2 aliphatic rings. The van der Waals surface area contributed by atoms with Crippen LogP contribution in [0.15, 0.2) is 18.2 Å². The molecule has 0 bridgehead atoms. The van der Waals surface area contributed by atoms with Gasteiger partial charge in [0.25, 0.3) is 5.91 Å². The van der Waals surface area contributed by atoms with Crippen LogP contribution in [0, 0.1) is 11.7 Å². The molecule has 27 heavy (non-hydrogen) atoms. The molecule has 1 saturated carbocycles. The molecule has 6 nitrogen and oxygen atoms in total. The molecule has 4 rings (SSSR count). The molecular weight excluding hydrogens is 345 g/mol. The summed E-state index contributed by atoms with van der Waals surface area (Å²) in [6, 6.07) is 5.27. The molecule has 1 aliphatic heterocycles. The summed E-state index contributed by atoms with van der Waals surface area (Å²) in [6.07, 6.45) is 6.59. The van der Waals surface area contributed by atoms with Crippen molar-refractivity contribution >= 4 is 16.9 Å². The second-order valence-electron chi connectivity index (χ2n) is 8.35. The first-order valence-electron chi connectivity index (χ1n) is 10.2. The highest BCUT2D eigenvalue weighted by molar-refractivity contribution is 5.77. The third-order valence-electron chi connectivity index (χ3n) is 6.23. The van der Waals surface area contributed by atoms with E-state index >= 15 is 0 Å². The van der Waals surface area contributed by atoms with E-state index in [1.807, 2.05) is 4.68 Å². The van der Waals surface area contributed by atoms with Crippen LogP contribution in [-0.4, -0.2) is 46.6 Å². The number of nitrogens with one attached hydrogen (secondary N) is 2. The first-order chi connectivity index (χ1) is 13.1. The fraction of sp³-hybridized carbons (Fsp3) is 0.650. The molecule has 1 aliphatic carbocycles. The lowest BCUT2D eigenvalue weighted by Gasteiger charge is -2.30. The standard InChI is InChI=1S/C20H28FN5O/c1-14-2-5-16(6-3-14)22-20(27)13-25-10-8-17(9-11-25)26-19-7-4-15(21)12-18(19)23-24-26/h4,7,12,14,16-17H,2-3,5-6,8-11,13H2,1H3,(H,22,27)/p+1. The number of quaternary nitrogens is 1. The quantitative estimate of drug-likeness (QED) is 0.852. The predicted molar refractivity (Wildman–Crippen MR) is 101 cm³/mol. The maximum Gasteiger partial charge on any atom is 0.275 e. The third-order valence-corrected chi connectivity index (χ3v) is 6.23. The van der Waals surface area contributed by atoms with Crippen molar-refractivity contribution in [1.82, 2.24) is 20.3 Å². The highest BCUT2D eigenvalue weighted by Gasteiger charge is 2.28. The summed E-state index contributed by atoms with van der Waals surface area (Å²) < 4.78 is 15.3. The minimum Gasteiger partial charge on any atom is -0.348 e. The fourth-order valence-corrected chi connectivity index (χ4v) is 4.53. The van der Waals surface area contributed by atoms with Crippen molar-refractivity contribution in [2.45, 2.75) is 57.5 Å². The zero-order valence-electron chi connectivity index (χ0n) is 16.0. The Balaban J connectivity index is 1.28. The molecule has 0 atom stereocenters. The van der Waals surface area contributed by atoms with Gasteiger partial charge in [-0.25, -0.2) is 9.07 Å². The molecule has 146 valence electrons. The molecule has 1 aromatic heterocycles. The number of hydrogen-bond donors (Lipinski definition) is 2. The fourth-order valence-electron chi connectivity index (χ4n) is 4.53. The van der Waals surface area contributed by atoms with Gasteiger partial charge < -0.3 is 10.2 Å². The highest BCUT2D eigenvalue weighted by atomic mass is 19.1. The number of amides is 1. The Kier molecular flexibility index (Phi) is 5.38. The summed E-state index contributed by atoms with van der Waals surface area (Å²) >= 11 is 0. The maximum atomic E-state index is 13.3. The zero-order valence-corrected chi connectivity index (χ0v) is 16.0. The number of rotatable bonds is 4. The van der Waals surface area contributed by atoms with Gasteiger partial charge in [0.15, 0.2) is 6.54 Å². The summed E-state index contributed by atoms with van der Waals surface area (Å²) in [5.41, 5.74) is 1.49. The zero-order chi connectivity index (χ0) is 18.8. The lowest BCUT2D eigenvalue weighted by Crippen LogP contribution is -3.14. The topological polar surface area (TPSA) is 64.2 Å². The van der Waals surface area contributed by atoms with Gasteiger partial charge in [-0.05, 0) is 43.7 Å². The van der Waals surface area contributed by atoms with Gasteiger partial charge in [0, 0.05) is 24.9 Å². The van der Waals surface area contributed by atoms with E-state index in [9.17, 15) is 9.18 Å². The average Bonchev–Trinajstić information content (AvgIpc) is 3.07. The van der Waals surface area contributed by atoms with E-state index in [0.717, 1.165) is 50.2 Å². The molecule has 2 N–H and O–H groups in total. The number of likely N-dealkylation sites (tertiary alicyclic amines) is 1. The lowest BCUT2D eigenvalue weighted by molar-refractivity contribution is -0.897. The van der Waals surface area contributed by atoms with E-state index in [0.29, 0.717) is 18.1 Å². The van der Waals surface area contributed by atoms with Crippen LogP contribution in [0.3, 0.4) is 0 Å². The number of aromatic nitrogens is 3. The molecule has 7 heteroatoms. The molecule has 1 aromatic carbocycles. The van der Waals surface area contributed by atoms with E-state index in [-0.39, 0.29) is 17.8 Å². The normalized spacial score (nSPS) is 29.0. The Morgan fingerprint density at radius 2 is 1.96 bits per heavy atom. The summed E-state index contributed by atoms with van der Waals surface area (Å²) in [5, 5.41) is 11.6. The van der Waals surface area contributed by atoms with Gasteiger partial charge in [-0.2, -0.15) is 0 Å². The van der Waals surface area contributed by atoms with Crippen LogP contribution in [0.4, 0.5) is 4.39 Å². The smallest absolute Gasteiger partial charge is 0.275 e. The number of fused-ring (bicyclic) bond motifs is 1. The van der Waals surface area contributed by atoms with E-state index in [4.69, 9.17) is 0 Å². The summed E-state index contributed by atoms with van der Waals surface area (Å²) in [5.74, 6) is 0.698. The summed E-state index contributed by atoms with van der Waals surface area (Å²) in [4.78, 5) is 13.7. The number of halogens is 1. The van der Waals surface area contributed by atoms with Crippen molar-refractivity contribution in [3.8, 4) is 0 Å². The van der Waals surface area contributed by atoms with Gasteiger partial charge in [0.1, 0.15) is 11.3 Å². The average molecular weight is 374 g/mol. The van der Waals surface area contributed by atoms with Gasteiger partial charge in [-0.15, -0.1) is 5.10 Å². The van der Waals surface area contributed by atoms with Crippen molar-refractivity contribution in [3.63, 3.8) is 0 Å². The summed E-state index contributed by atoms with van der Waals surface area (Å²) in [7, 11) is 0. The highest BCUT2D eigenvalue weighted by Crippen LogP contribution is 2.23. The van der Waals surface area contributed by atoms with Crippen LogP contribution in [0.5, 0.6) is 0 Å². The minimum atomic E-state index is -0.285. The number of piperidine rings is 1. The van der Waals surface area contributed by atoms with E-state index in [1.54, 1.807) is 6.07 Å². The van der Waals surface area contributed by atoms with E-state index < -0.39 is 0 Å². The van der Waals surface area contributed by atoms with Crippen LogP contribution in [0.1, 0.15) is 51.5 Å². The van der Waals surface area contributed by atoms with Crippen LogP contribution in [-0.2, 0) is 4.79 Å². The Morgan fingerprint density at radius 3 is 2.70 bits per heavy atom. The molecule has 1 saturated heterocycles. The molecule has 2 aromatic rings. The minimum absolute atomic E-state index is 0.185. The largest absolute Gasteiger partial charge is 0.348 e. The lowest BCUT2D eigenvalue weighted by atomic mass is 9.87. The van der Waals surface area contributed by atoms with E-state index in [2.05, 4.69) is 22.6 Å². The Labute approximate surface area is 159 Å². The van der Waals surface area contributed by atoms with E-state index in [1.165, 1.54) is 29.9 Å². The molecule has 0 radical (unpaired) electrons. The van der Waals surface area contributed by atoms with Gasteiger partial charge in [-0.3, -0.25) is 4.79 Å². The SMILES string of the molecule is CC1CCC(NC(=O)C[NH+]2CCC(n3nnc4cc(F)ccc43)CC2)CC1. The molecule has 0 spiro atoms. The number of carbonyl (C=O) groups excluding carboxylic acids is 1. The molecule has 2 fully saturated rings. The van der Waals surface area contributed by atoms with Crippen molar-refractivity contribution in [3.05, 3.63) is 24.0 Å². The van der Waals surface area contributed by atoms with Gasteiger partial charge in [0.2, 0.25) is 0 Å². The number of hydrogen-bond acceptors (Lipinski definition) is 3. The Bertz CT molecular complexity index is 791. The number of benzene rings is 1. The monoisotopic (exact) mass is 374 g/mol. The second-order valence-corrected chi connectivity index (χ2v) is 8.35.